The first-order chi connectivity index (χ1) is 14.5. The van der Waals surface area contributed by atoms with Gasteiger partial charge in [0.2, 0.25) is 5.13 Å². The maximum absolute atomic E-state index is 12.7. The van der Waals surface area contributed by atoms with Crippen LogP contribution in [-0.4, -0.2) is 32.2 Å². The van der Waals surface area contributed by atoms with Crippen LogP contribution in [0.25, 0.3) is 15.3 Å². The fraction of sp³-hybridized carbons (Fsp3) is 0.150. The largest absolute Gasteiger partial charge is 0.492 e. The predicted molar refractivity (Wildman–Crippen MR) is 114 cm³/mol. The zero-order valence-electron chi connectivity index (χ0n) is 16.2. The summed E-state index contributed by atoms with van der Waals surface area (Å²) in [7, 11) is 0. The molecular weight excluding hydrogens is 406 g/mol. The molecule has 2 aromatic carbocycles. The van der Waals surface area contributed by atoms with Gasteiger partial charge < -0.3 is 10.1 Å². The van der Waals surface area contributed by atoms with Gasteiger partial charge in [-0.25, -0.2) is 4.98 Å². The number of ether oxygens (including phenoxy) is 1. The average Bonchev–Trinajstić information content (AvgIpc) is 3.32. The number of aryl methyl sites for hydroxylation is 1. The molecule has 0 aliphatic rings. The third-order valence-corrected chi connectivity index (χ3v) is 5.27. The number of para-hydroxylation sites is 2. The number of nitro benzene ring substituents is 1. The van der Waals surface area contributed by atoms with Crippen LogP contribution in [0.15, 0.2) is 48.5 Å². The Morgan fingerprint density at radius 3 is 2.83 bits per heavy atom. The highest BCUT2D eigenvalue weighted by molar-refractivity contribution is 7.20. The number of hydrogen-bond acceptors (Lipinski definition) is 7. The van der Waals surface area contributed by atoms with Crippen molar-refractivity contribution in [2.24, 2.45) is 0 Å². The summed E-state index contributed by atoms with van der Waals surface area (Å²) in [5, 5.41) is 18.9. The molecule has 0 unspecified atom stereocenters. The van der Waals surface area contributed by atoms with E-state index in [9.17, 15) is 14.9 Å². The summed E-state index contributed by atoms with van der Waals surface area (Å²) >= 11 is 1.40. The molecule has 152 valence electrons. The number of nitrogens with zero attached hydrogens (tertiary/aromatic N) is 4. The number of fused-ring (bicyclic) bond motifs is 1. The summed E-state index contributed by atoms with van der Waals surface area (Å²) in [6, 6.07) is 13.1. The van der Waals surface area contributed by atoms with Crippen LogP contribution >= 0.6 is 11.3 Å². The molecule has 1 amide bonds. The molecule has 0 bridgehead atoms. The Kier molecular flexibility index (Phi) is 5.15. The van der Waals surface area contributed by atoms with E-state index in [2.05, 4.69) is 15.4 Å². The van der Waals surface area contributed by atoms with Crippen molar-refractivity contribution in [2.45, 2.75) is 13.8 Å². The minimum absolute atomic E-state index is 0.0316. The number of nitrogens with one attached hydrogen (secondary N) is 1. The van der Waals surface area contributed by atoms with Gasteiger partial charge in [-0.3, -0.25) is 14.9 Å². The standard InChI is InChI=1S/C20H17N5O4S/c1-3-29-15-9-6-10-16-18(15)22-20(30-16)24-17(11-12(2)23-24)21-19(26)13-7-4-5-8-14(13)25(27)28/h4-11H,3H2,1-2H3,(H,21,26). The third kappa shape index (κ3) is 3.60. The number of aromatic nitrogens is 3. The van der Waals surface area contributed by atoms with Crippen LogP contribution in [0.2, 0.25) is 0 Å². The van der Waals surface area contributed by atoms with Crippen molar-refractivity contribution in [1.29, 1.82) is 0 Å². The fourth-order valence-corrected chi connectivity index (χ4v) is 3.97. The predicted octanol–water partition coefficient (Wildman–Crippen LogP) is 4.35. The maximum Gasteiger partial charge on any atom is 0.282 e. The molecular formula is C20H17N5O4S. The zero-order valence-corrected chi connectivity index (χ0v) is 17.0. The van der Waals surface area contributed by atoms with Gasteiger partial charge in [-0.2, -0.15) is 9.78 Å². The Bertz CT molecular complexity index is 1260. The van der Waals surface area contributed by atoms with Gasteiger partial charge in [0.1, 0.15) is 22.6 Å². The highest BCUT2D eigenvalue weighted by atomic mass is 32.1. The van der Waals surface area contributed by atoms with E-state index in [1.807, 2.05) is 25.1 Å². The molecule has 2 aromatic heterocycles. The Balaban J connectivity index is 1.72. The van der Waals surface area contributed by atoms with Crippen LogP contribution in [-0.2, 0) is 0 Å². The van der Waals surface area contributed by atoms with Gasteiger partial charge in [0.15, 0.2) is 0 Å². The topological polar surface area (TPSA) is 112 Å². The number of rotatable bonds is 6. The molecule has 0 radical (unpaired) electrons. The van der Waals surface area contributed by atoms with E-state index in [0.29, 0.717) is 34.5 Å². The monoisotopic (exact) mass is 423 g/mol. The van der Waals surface area contributed by atoms with Gasteiger partial charge in [0.05, 0.1) is 21.9 Å². The van der Waals surface area contributed by atoms with Crippen LogP contribution in [0.5, 0.6) is 5.75 Å². The summed E-state index contributed by atoms with van der Waals surface area (Å²) < 4.78 is 8.08. The highest BCUT2D eigenvalue weighted by Gasteiger charge is 2.22. The first-order valence-electron chi connectivity index (χ1n) is 9.12. The van der Waals surface area contributed by atoms with Crippen molar-refractivity contribution in [1.82, 2.24) is 14.8 Å². The van der Waals surface area contributed by atoms with Gasteiger partial charge in [-0.15, -0.1) is 0 Å². The van der Waals surface area contributed by atoms with Crippen molar-refractivity contribution in [3.63, 3.8) is 0 Å². The molecule has 4 aromatic rings. The Morgan fingerprint density at radius 2 is 2.07 bits per heavy atom. The second-order valence-electron chi connectivity index (χ2n) is 6.34. The Morgan fingerprint density at radius 1 is 1.27 bits per heavy atom. The molecule has 0 saturated carbocycles. The van der Waals surface area contributed by atoms with Gasteiger partial charge in [0.25, 0.3) is 11.6 Å². The second kappa shape index (κ2) is 7.91. The summed E-state index contributed by atoms with van der Waals surface area (Å²) in [5.74, 6) is 0.444. The lowest BCUT2D eigenvalue weighted by Crippen LogP contribution is -2.16. The van der Waals surface area contributed by atoms with Crippen LogP contribution in [0.1, 0.15) is 23.0 Å². The summed E-state index contributed by atoms with van der Waals surface area (Å²) in [5.41, 5.74) is 1.08. The lowest BCUT2D eigenvalue weighted by molar-refractivity contribution is -0.385. The molecule has 0 atom stereocenters. The summed E-state index contributed by atoms with van der Waals surface area (Å²) in [4.78, 5) is 28.0. The molecule has 4 rings (SSSR count). The highest BCUT2D eigenvalue weighted by Crippen LogP contribution is 2.33. The maximum atomic E-state index is 12.7. The van der Waals surface area contributed by atoms with Gasteiger partial charge >= 0.3 is 0 Å². The molecule has 0 spiro atoms. The lowest BCUT2D eigenvalue weighted by Gasteiger charge is -2.07. The number of carbonyl (C=O) groups is 1. The minimum Gasteiger partial charge on any atom is -0.492 e. The van der Waals surface area contributed by atoms with E-state index in [-0.39, 0.29) is 11.3 Å². The number of carbonyl (C=O) groups excluding carboxylic acids is 1. The van der Waals surface area contributed by atoms with E-state index >= 15 is 0 Å². The first-order valence-corrected chi connectivity index (χ1v) is 9.93. The van der Waals surface area contributed by atoms with Gasteiger partial charge in [-0.1, -0.05) is 29.5 Å². The van der Waals surface area contributed by atoms with Crippen molar-refractivity contribution in [3.8, 4) is 10.9 Å². The van der Waals surface area contributed by atoms with Crippen LogP contribution in [0, 0.1) is 17.0 Å². The minimum atomic E-state index is -0.598. The quantitative estimate of drug-likeness (QED) is 0.364. The van der Waals surface area contributed by atoms with Crippen LogP contribution < -0.4 is 10.1 Å². The van der Waals surface area contributed by atoms with Gasteiger partial charge in [-0.05, 0) is 32.0 Å². The van der Waals surface area contributed by atoms with Crippen LogP contribution in [0.3, 0.4) is 0 Å². The molecule has 9 nitrogen and oxygen atoms in total. The zero-order chi connectivity index (χ0) is 21.3. The molecule has 0 saturated heterocycles. The second-order valence-corrected chi connectivity index (χ2v) is 7.35. The number of anilines is 1. The average molecular weight is 423 g/mol. The third-order valence-electron chi connectivity index (χ3n) is 4.27. The molecule has 0 fully saturated rings. The van der Waals surface area contributed by atoms with E-state index < -0.39 is 10.8 Å². The SMILES string of the molecule is CCOc1cccc2sc(-n3nc(C)cc3NC(=O)c3ccccc3[N+](=O)[O-])nc12. The number of nitro groups is 1. The smallest absolute Gasteiger partial charge is 0.282 e. The summed E-state index contributed by atoms with van der Waals surface area (Å²) in [6.07, 6.45) is 0. The Labute approximate surface area is 175 Å². The van der Waals surface area contributed by atoms with Crippen molar-refractivity contribution in [3.05, 3.63) is 69.9 Å². The number of hydrogen-bond donors (Lipinski definition) is 1. The van der Waals surface area contributed by atoms with Gasteiger partial charge in [0, 0.05) is 12.1 Å². The molecule has 10 heteroatoms. The Hall–Kier alpha value is -3.79. The normalized spacial score (nSPS) is 10.9. The molecule has 1 N–H and O–H groups in total. The van der Waals surface area contributed by atoms with E-state index in [4.69, 9.17) is 4.74 Å². The lowest BCUT2D eigenvalue weighted by atomic mass is 10.1. The van der Waals surface area contributed by atoms with Crippen LogP contribution in [0.4, 0.5) is 11.5 Å². The van der Waals surface area contributed by atoms with E-state index in [1.54, 1.807) is 19.1 Å². The first kappa shape index (κ1) is 19.5. The van der Waals surface area contributed by atoms with Crippen molar-refractivity contribution in [2.75, 3.05) is 11.9 Å². The molecule has 2 heterocycles. The van der Waals surface area contributed by atoms with Crippen molar-refractivity contribution >= 4 is 39.0 Å². The fourth-order valence-electron chi connectivity index (χ4n) is 3.02. The van der Waals surface area contributed by atoms with Crippen molar-refractivity contribution < 1.29 is 14.5 Å². The molecule has 0 aliphatic heterocycles. The molecule has 30 heavy (non-hydrogen) atoms. The number of amides is 1. The van der Waals surface area contributed by atoms with E-state index in [1.165, 1.54) is 34.2 Å². The number of thiazole rings is 1. The number of benzene rings is 2. The summed E-state index contributed by atoms with van der Waals surface area (Å²) in [6.45, 7) is 4.21. The molecule has 0 aliphatic carbocycles. The van der Waals surface area contributed by atoms with E-state index in [0.717, 1.165) is 4.70 Å².